The van der Waals surface area contributed by atoms with Crippen molar-refractivity contribution in [2.24, 2.45) is 0 Å². The third-order valence-electron chi connectivity index (χ3n) is 5.82. The van der Waals surface area contributed by atoms with Crippen LogP contribution in [0.25, 0.3) is 9.88 Å². The molecule has 7 nitrogen and oxygen atoms in total. The molecule has 1 aromatic carbocycles. The maximum Gasteiger partial charge on any atom is 0.271 e. The number of benzene rings is 1. The largest absolute Gasteiger partial charge is 0.368 e. The minimum absolute atomic E-state index is 0.0254. The number of ether oxygens (including phenoxy) is 1. The van der Waals surface area contributed by atoms with Crippen molar-refractivity contribution >= 4 is 51.9 Å². The quantitative estimate of drug-likeness (QED) is 0.559. The maximum absolute atomic E-state index is 13.5. The van der Waals surface area contributed by atoms with E-state index in [1.807, 2.05) is 29.6 Å². The molecule has 3 unspecified atom stereocenters. The van der Waals surface area contributed by atoms with Gasteiger partial charge in [-0.15, -0.1) is 22.7 Å². The molecule has 0 bridgehead atoms. The Kier molecular flexibility index (Phi) is 6.29. The molecular formula is C23H20ClN3O4S2. The molecule has 2 aliphatic heterocycles. The summed E-state index contributed by atoms with van der Waals surface area (Å²) in [6, 6.07) is 9.58. The number of halogens is 1. The number of nitrogens with one attached hydrogen (secondary N) is 1. The summed E-state index contributed by atoms with van der Waals surface area (Å²) >= 11 is 8.93. The number of hydrogen-bond donors (Lipinski definition) is 1. The summed E-state index contributed by atoms with van der Waals surface area (Å²) in [7, 11) is 0. The van der Waals surface area contributed by atoms with E-state index in [9.17, 15) is 14.4 Å². The molecule has 4 heterocycles. The number of carbonyl (C=O) groups is 3. The van der Waals surface area contributed by atoms with Gasteiger partial charge >= 0.3 is 0 Å². The van der Waals surface area contributed by atoms with E-state index in [-0.39, 0.29) is 36.5 Å². The van der Waals surface area contributed by atoms with E-state index in [1.54, 1.807) is 33.7 Å². The van der Waals surface area contributed by atoms with Gasteiger partial charge in [0, 0.05) is 23.4 Å². The lowest BCUT2D eigenvalue weighted by Crippen LogP contribution is -2.53. The van der Waals surface area contributed by atoms with Crippen molar-refractivity contribution in [3.63, 3.8) is 0 Å². The number of amides is 2. The summed E-state index contributed by atoms with van der Waals surface area (Å²) in [6.45, 7) is 0.448. The Labute approximate surface area is 203 Å². The van der Waals surface area contributed by atoms with E-state index in [2.05, 4.69) is 10.3 Å². The first kappa shape index (κ1) is 22.2. The van der Waals surface area contributed by atoms with Crippen LogP contribution in [0.15, 0.2) is 47.2 Å². The lowest BCUT2D eigenvalue weighted by molar-refractivity contribution is -0.138. The standard InChI is InChI=1S/C23H20ClN3O4S2/c24-14-5-3-13(4-6-14)10-15(23(30)27-8-7-18-20(27)17(28)11-31-18)25-21(29)16-12-33-22(26-16)19-2-1-9-32-19/h1-6,9,12,15,18,20H,7-8,10-11H2,(H,25,29). The fourth-order valence-corrected chi connectivity index (χ4v) is 5.96. The van der Waals surface area contributed by atoms with Gasteiger partial charge in [-0.3, -0.25) is 14.4 Å². The average Bonchev–Trinajstić information content (AvgIpc) is 3.60. The van der Waals surface area contributed by atoms with Gasteiger partial charge in [0.1, 0.15) is 29.4 Å². The van der Waals surface area contributed by atoms with E-state index in [0.717, 1.165) is 15.4 Å². The smallest absolute Gasteiger partial charge is 0.271 e. The molecule has 1 N–H and O–H groups in total. The number of aromatic nitrogens is 1. The molecule has 3 aromatic rings. The highest BCUT2D eigenvalue weighted by molar-refractivity contribution is 7.20. The Morgan fingerprint density at radius 2 is 2.06 bits per heavy atom. The van der Waals surface area contributed by atoms with Gasteiger partial charge in [0.05, 0.1) is 11.0 Å². The first-order chi connectivity index (χ1) is 16.0. The summed E-state index contributed by atoms with van der Waals surface area (Å²) in [6.07, 6.45) is 0.618. The molecule has 0 radical (unpaired) electrons. The number of hydrogen-bond acceptors (Lipinski definition) is 7. The van der Waals surface area contributed by atoms with Gasteiger partial charge in [0.2, 0.25) is 5.91 Å². The number of likely N-dealkylation sites (tertiary alicyclic amines) is 1. The Morgan fingerprint density at radius 3 is 2.82 bits per heavy atom. The molecule has 5 rings (SSSR count). The zero-order valence-corrected chi connectivity index (χ0v) is 19.8. The van der Waals surface area contributed by atoms with Gasteiger partial charge in [0.15, 0.2) is 5.78 Å². The fourth-order valence-electron chi connectivity index (χ4n) is 4.22. The van der Waals surface area contributed by atoms with Crippen LogP contribution in [-0.4, -0.2) is 58.8 Å². The van der Waals surface area contributed by atoms with Gasteiger partial charge in [-0.2, -0.15) is 0 Å². The molecule has 0 spiro atoms. The zero-order valence-electron chi connectivity index (χ0n) is 17.4. The summed E-state index contributed by atoms with van der Waals surface area (Å²) < 4.78 is 5.52. The maximum atomic E-state index is 13.5. The predicted octanol–water partition coefficient (Wildman–Crippen LogP) is 3.43. The number of nitrogens with zero attached hydrogens (tertiary/aromatic N) is 2. The lowest BCUT2D eigenvalue weighted by atomic mass is 10.0. The summed E-state index contributed by atoms with van der Waals surface area (Å²) in [4.78, 5) is 45.9. The molecule has 2 aromatic heterocycles. The van der Waals surface area contributed by atoms with Crippen LogP contribution in [0.2, 0.25) is 5.02 Å². The molecule has 10 heteroatoms. The zero-order chi connectivity index (χ0) is 22.9. The van der Waals surface area contributed by atoms with Gasteiger partial charge in [-0.1, -0.05) is 29.8 Å². The highest BCUT2D eigenvalue weighted by Crippen LogP contribution is 2.29. The van der Waals surface area contributed by atoms with E-state index >= 15 is 0 Å². The van der Waals surface area contributed by atoms with Crippen LogP contribution in [-0.2, 0) is 20.7 Å². The Hall–Kier alpha value is -2.59. The van der Waals surface area contributed by atoms with Crippen molar-refractivity contribution in [2.45, 2.75) is 31.0 Å². The fraction of sp³-hybridized carbons (Fsp3) is 0.304. The number of ketones is 1. The average molecular weight is 502 g/mol. The second kappa shape index (κ2) is 9.34. The monoisotopic (exact) mass is 501 g/mol. The van der Waals surface area contributed by atoms with Crippen molar-refractivity contribution in [1.82, 2.24) is 15.2 Å². The number of thiophene rings is 1. The van der Waals surface area contributed by atoms with Gasteiger partial charge in [-0.25, -0.2) is 4.98 Å². The van der Waals surface area contributed by atoms with E-state index in [1.165, 1.54) is 11.3 Å². The van der Waals surface area contributed by atoms with E-state index in [4.69, 9.17) is 16.3 Å². The second-order valence-corrected chi connectivity index (χ2v) is 10.2. The van der Waals surface area contributed by atoms with Crippen LogP contribution in [0.5, 0.6) is 0 Å². The van der Waals surface area contributed by atoms with Gasteiger partial charge < -0.3 is 15.0 Å². The van der Waals surface area contributed by atoms with Crippen molar-refractivity contribution in [2.75, 3.05) is 13.2 Å². The number of fused-ring (bicyclic) bond motifs is 1. The van der Waals surface area contributed by atoms with Crippen molar-refractivity contribution < 1.29 is 19.1 Å². The minimum atomic E-state index is -0.849. The van der Waals surface area contributed by atoms with E-state index in [0.29, 0.717) is 18.0 Å². The Bertz CT molecular complexity index is 1180. The van der Waals surface area contributed by atoms with Crippen LogP contribution in [0, 0.1) is 0 Å². The third kappa shape index (κ3) is 4.59. The number of Topliss-reactive ketones (excluding diaryl/α,β-unsaturated/α-hetero) is 1. The SMILES string of the molecule is O=C(NC(Cc1ccc(Cl)cc1)C(=O)N1CCC2OCC(=O)C21)c1csc(-c2cccs2)n1. The summed E-state index contributed by atoms with van der Waals surface area (Å²) in [5, 5.41) is 7.85. The van der Waals surface area contributed by atoms with Crippen molar-refractivity contribution in [1.29, 1.82) is 0 Å². The molecule has 2 fully saturated rings. The molecular weight excluding hydrogens is 482 g/mol. The Balaban J connectivity index is 1.37. The molecule has 2 aliphatic rings. The van der Waals surface area contributed by atoms with Crippen molar-refractivity contribution in [3.8, 4) is 9.88 Å². The normalized spacial score (nSPS) is 20.6. The lowest BCUT2D eigenvalue weighted by Gasteiger charge is -2.27. The number of carbonyl (C=O) groups excluding carboxylic acids is 3. The number of rotatable bonds is 6. The molecule has 170 valence electrons. The highest BCUT2D eigenvalue weighted by Gasteiger charge is 2.48. The first-order valence-corrected chi connectivity index (χ1v) is 12.6. The molecule has 3 atom stereocenters. The van der Waals surface area contributed by atoms with Crippen LogP contribution >= 0.6 is 34.3 Å². The van der Waals surface area contributed by atoms with Gasteiger partial charge in [0.25, 0.3) is 5.91 Å². The summed E-state index contributed by atoms with van der Waals surface area (Å²) in [5.74, 6) is -0.813. The molecule has 33 heavy (non-hydrogen) atoms. The van der Waals surface area contributed by atoms with Crippen molar-refractivity contribution in [3.05, 3.63) is 63.4 Å². The third-order valence-corrected chi connectivity index (χ3v) is 7.95. The highest BCUT2D eigenvalue weighted by atomic mass is 35.5. The van der Waals surface area contributed by atoms with Crippen LogP contribution in [0.3, 0.4) is 0 Å². The van der Waals surface area contributed by atoms with Crippen LogP contribution in [0.1, 0.15) is 22.5 Å². The topological polar surface area (TPSA) is 88.6 Å². The van der Waals surface area contributed by atoms with Crippen LogP contribution in [0.4, 0.5) is 0 Å². The predicted molar refractivity (Wildman–Crippen MR) is 127 cm³/mol. The first-order valence-electron chi connectivity index (χ1n) is 10.5. The molecule has 2 amide bonds. The molecule has 0 saturated carbocycles. The molecule has 2 saturated heterocycles. The van der Waals surface area contributed by atoms with Gasteiger partial charge in [-0.05, 0) is 35.6 Å². The minimum Gasteiger partial charge on any atom is -0.368 e. The Morgan fingerprint density at radius 1 is 1.24 bits per heavy atom. The van der Waals surface area contributed by atoms with E-state index < -0.39 is 18.0 Å². The van der Waals surface area contributed by atoms with Crippen LogP contribution < -0.4 is 5.32 Å². The molecule has 0 aliphatic carbocycles. The second-order valence-electron chi connectivity index (χ2n) is 7.95. The summed E-state index contributed by atoms with van der Waals surface area (Å²) in [5.41, 5.74) is 1.11. The number of thiazole rings is 1.